The minimum atomic E-state index is -0.530. The van der Waals surface area contributed by atoms with Crippen LogP contribution in [0.4, 0.5) is 5.95 Å². The molecule has 0 spiro atoms. The Balaban J connectivity index is 1.33. The Morgan fingerprint density at radius 3 is 2.52 bits per heavy atom. The van der Waals surface area contributed by atoms with Gasteiger partial charge in [-0.3, -0.25) is 9.78 Å². The summed E-state index contributed by atoms with van der Waals surface area (Å²) in [5.41, 5.74) is 6.03. The summed E-state index contributed by atoms with van der Waals surface area (Å²) >= 11 is 0. The molecule has 0 bridgehead atoms. The molecule has 3 aromatic carbocycles. The Hall–Kier alpha value is -4.90. The minimum absolute atomic E-state index is 0.0464. The first-order valence-electron chi connectivity index (χ1n) is 10.1. The summed E-state index contributed by atoms with van der Waals surface area (Å²) in [6, 6.07) is 24.6. The molecule has 2 heterocycles. The molecule has 8 heteroatoms. The van der Waals surface area contributed by atoms with Crippen LogP contribution in [-0.2, 0) is 0 Å². The number of benzene rings is 3. The van der Waals surface area contributed by atoms with E-state index in [-0.39, 0.29) is 18.3 Å². The average molecular weight is 435 g/mol. The Morgan fingerprint density at radius 2 is 1.73 bits per heavy atom. The number of ether oxygens (including phenoxy) is 2. The van der Waals surface area contributed by atoms with Crippen LogP contribution in [-0.4, -0.2) is 23.0 Å². The van der Waals surface area contributed by atoms with E-state index in [1.54, 1.807) is 18.3 Å². The van der Waals surface area contributed by atoms with Gasteiger partial charge in [0.1, 0.15) is 11.6 Å². The number of hydrazone groups is 1. The molecule has 0 amide bonds. The molecule has 160 valence electrons. The molecule has 0 unspecified atom stereocenters. The number of hydrogen-bond donors (Lipinski definition) is 2. The summed E-state index contributed by atoms with van der Waals surface area (Å²) in [7, 11) is 0. The van der Waals surface area contributed by atoms with Gasteiger partial charge in [0.2, 0.25) is 12.7 Å². The van der Waals surface area contributed by atoms with Gasteiger partial charge in [0.05, 0.1) is 11.9 Å². The second-order valence-electron chi connectivity index (χ2n) is 7.18. The molecular formula is C25H17N5O3. The molecule has 8 nitrogen and oxygen atoms in total. The smallest absolute Gasteiger partial charge is 0.270 e. The first kappa shape index (κ1) is 20.0. The molecule has 2 N–H and O–H groups in total. The number of nitrogens with one attached hydrogen (secondary N) is 2. The Kier molecular flexibility index (Phi) is 5.27. The Labute approximate surface area is 188 Å². The van der Waals surface area contributed by atoms with Crippen LogP contribution in [0.3, 0.4) is 0 Å². The molecule has 1 aliphatic rings. The molecule has 0 aliphatic carbocycles. The Morgan fingerprint density at radius 1 is 0.970 bits per heavy atom. The van der Waals surface area contributed by atoms with Crippen molar-refractivity contribution >= 4 is 12.2 Å². The van der Waals surface area contributed by atoms with E-state index < -0.39 is 5.56 Å². The first-order chi connectivity index (χ1) is 16.2. The number of fused-ring (bicyclic) bond motifs is 1. The number of anilines is 1. The van der Waals surface area contributed by atoms with Gasteiger partial charge < -0.3 is 9.47 Å². The van der Waals surface area contributed by atoms with E-state index in [9.17, 15) is 10.1 Å². The van der Waals surface area contributed by atoms with Gasteiger partial charge in [-0.15, -0.1) is 0 Å². The second-order valence-corrected chi connectivity index (χ2v) is 7.18. The molecule has 1 aliphatic heterocycles. The van der Waals surface area contributed by atoms with Gasteiger partial charge >= 0.3 is 0 Å². The van der Waals surface area contributed by atoms with Gasteiger partial charge in [0, 0.05) is 5.56 Å². The van der Waals surface area contributed by atoms with Crippen LogP contribution in [0.1, 0.15) is 11.1 Å². The Bertz CT molecular complexity index is 1440. The van der Waals surface area contributed by atoms with Crippen LogP contribution in [0.5, 0.6) is 11.5 Å². The molecule has 0 saturated carbocycles. The molecule has 33 heavy (non-hydrogen) atoms. The van der Waals surface area contributed by atoms with Crippen molar-refractivity contribution in [2.75, 3.05) is 12.2 Å². The summed E-state index contributed by atoms with van der Waals surface area (Å²) in [5.74, 6) is 1.63. The van der Waals surface area contributed by atoms with Crippen molar-refractivity contribution in [3.63, 3.8) is 0 Å². The molecule has 0 fully saturated rings. The highest BCUT2D eigenvalue weighted by molar-refractivity contribution is 5.81. The lowest BCUT2D eigenvalue weighted by Gasteiger charge is -2.06. The molecule has 0 saturated heterocycles. The van der Waals surface area contributed by atoms with Gasteiger partial charge in [-0.05, 0) is 28.8 Å². The van der Waals surface area contributed by atoms with Crippen LogP contribution < -0.4 is 20.5 Å². The van der Waals surface area contributed by atoms with Crippen molar-refractivity contribution in [3.8, 4) is 40.0 Å². The maximum atomic E-state index is 12.3. The maximum Gasteiger partial charge on any atom is 0.270 e. The van der Waals surface area contributed by atoms with Crippen molar-refractivity contribution in [2.24, 2.45) is 5.10 Å². The largest absolute Gasteiger partial charge is 0.454 e. The highest BCUT2D eigenvalue weighted by Crippen LogP contribution is 2.35. The summed E-state index contributed by atoms with van der Waals surface area (Å²) in [5, 5.41) is 13.5. The van der Waals surface area contributed by atoms with E-state index in [1.807, 2.05) is 66.7 Å². The van der Waals surface area contributed by atoms with E-state index in [0.29, 0.717) is 11.3 Å². The monoisotopic (exact) mass is 435 g/mol. The van der Waals surface area contributed by atoms with Gasteiger partial charge in [-0.2, -0.15) is 10.4 Å². The van der Waals surface area contributed by atoms with Crippen LogP contribution in [0.25, 0.3) is 22.4 Å². The second kappa shape index (κ2) is 8.69. The summed E-state index contributed by atoms with van der Waals surface area (Å²) < 4.78 is 10.8. The third-order valence-electron chi connectivity index (χ3n) is 5.08. The lowest BCUT2D eigenvalue weighted by molar-refractivity contribution is 0.174. The number of hydrogen-bond acceptors (Lipinski definition) is 7. The number of rotatable bonds is 5. The van der Waals surface area contributed by atoms with E-state index in [2.05, 4.69) is 20.5 Å². The lowest BCUT2D eigenvalue weighted by Crippen LogP contribution is -2.16. The van der Waals surface area contributed by atoms with Gasteiger partial charge in [-0.1, -0.05) is 60.7 Å². The number of nitrogens with zero attached hydrogens (tertiary/aromatic N) is 3. The number of aromatic amines is 1. The summed E-state index contributed by atoms with van der Waals surface area (Å²) in [6.07, 6.45) is 1.61. The zero-order valence-corrected chi connectivity index (χ0v) is 17.3. The van der Waals surface area contributed by atoms with E-state index >= 15 is 0 Å². The van der Waals surface area contributed by atoms with Crippen molar-refractivity contribution in [1.82, 2.24) is 9.97 Å². The zero-order valence-electron chi connectivity index (χ0n) is 17.3. The highest BCUT2D eigenvalue weighted by Gasteiger charge is 2.14. The number of aromatic nitrogens is 2. The van der Waals surface area contributed by atoms with Crippen LogP contribution in [0.15, 0.2) is 82.7 Å². The van der Waals surface area contributed by atoms with Crippen molar-refractivity contribution in [3.05, 3.63) is 94.3 Å². The lowest BCUT2D eigenvalue weighted by atomic mass is 10.0. The third kappa shape index (κ3) is 4.16. The summed E-state index contributed by atoms with van der Waals surface area (Å²) in [4.78, 5) is 19.2. The van der Waals surface area contributed by atoms with E-state index in [1.165, 1.54) is 0 Å². The summed E-state index contributed by atoms with van der Waals surface area (Å²) in [6.45, 7) is 0.243. The first-order valence-corrected chi connectivity index (χ1v) is 10.1. The van der Waals surface area contributed by atoms with Crippen molar-refractivity contribution in [2.45, 2.75) is 0 Å². The normalized spacial score (nSPS) is 12.0. The van der Waals surface area contributed by atoms with Crippen molar-refractivity contribution in [1.29, 1.82) is 5.26 Å². The predicted octanol–water partition coefficient (Wildman–Crippen LogP) is 4.15. The quantitative estimate of drug-likeness (QED) is 0.360. The molecule has 5 rings (SSSR count). The fraction of sp³-hybridized carbons (Fsp3) is 0.0400. The van der Waals surface area contributed by atoms with Crippen LogP contribution in [0, 0.1) is 11.3 Å². The van der Waals surface area contributed by atoms with Crippen molar-refractivity contribution < 1.29 is 9.47 Å². The maximum absolute atomic E-state index is 12.3. The number of H-pyrrole nitrogens is 1. The SMILES string of the molecule is N#Cc1c(-c2ccccc2)nc(NN=Cc2ccc(-c3ccc4c(c3)OCO4)cc2)[nH]c1=O. The molecule has 4 aromatic rings. The highest BCUT2D eigenvalue weighted by atomic mass is 16.7. The third-order valence-corrected chi connectivity index (χ3v) is 5.08. The van der Waals surface area contributed by atoms with Gasteiger partial charge in [-0.25, -0.2) is 10.4 Å². The van der Waals surface area contributed by atoms with E-state index in [4.69, 9.17) is 9.47 Å². The predicted molar refractivity (Wildman–Crippen MR) is 124 cm³/mol. The molecular weight excluding hydrogens is 418 g/mol. The topological polar surface area (TPSA) is 112 Å². The molecule has 1 aromatic heterocycles. The van der Waals surface area contributed by atoms with Crippen LogP contribution >= 0.6 is 0 Å². The number of nitriles is 1. The molecule has 0 atom stereocenters. The molecule has 0 radical (unpaired) electrons. The van der Waals surface area contributed by atoms with E-state index in [0.717, 1.165) is 28.2 Å². The fourth-order valence-electron chi connectivity index (χ4n) is 3.44. The zero-order chi connectivity index (χ0) is 22.6. The standard InChI is InChI=1S/C25H17N5O3/c26-13-20-23(18-4-2-1-3-5-18)28-25(29-24(20)31)30-27-14-16-6-8-17(9-7-16)19-10-11-21-22(12-19)33-15-32-21/h1-12,14H,15H2,(H2,28,29,30,31). The van der Waals surface area contributed by atoms with Crippen LogP contribution in [0.2, 0.25) is 0 Å². The van der Waals surface area contributed by atoms with Gasteiger partial charge in [0.25, 0.3) is 5.56 Å². The average Bonchev–Trinajstić information content (AvgIpc) is 3.33. The minimum Gasteiger partial charge on any atom is -0.454 e. The fourth-order valence-corrected chi connectivity index (χ4v) is 3.44. The van der Waals surface area contributed by atoms with Gasteiger partial charge in [0.15, 0.2) is 11.5 Å².